The van der Waals surface area contributed by atoms with Crippen LogP contribution >= 0.6 is 11.6 Å². The molecule has 1 aliphatic rings. The molecule has 0 unspecified atom stereocenters. The highest BCUT2D eigenvalue weighted by Crippen LogP contribution is 2.34. The first-order valence-corrected chi connectivity index (χ1v) is 15.0. The number of carbonyl (C=O) groups excluding carboxylic acids is 1. The zero-order valence-electron chi connectivity index (χ0n) is 28.7. The monoisotopic (exact) mass is 714 g/mol. The molecule has 0 radical (unpaired) electrons. The van der Waals surface area contributed by atoms with Crippen LogP contribution in [0.3, 0.4) is 0 Å². The highest BCUT2D eigenvalue weighted by molar-refractivity contribution is 6.31. The average Bonchev–Trinajstić information content (AvgIpc) is 3.75. The van der Waals surface area contributed by atoms with Gasteiger partial charge < -0.3 is 10.4 Å². The van der Waals surface area contributed by atoms with Crippen molar-refractivity contribution in [2.24, 2.45) is 12.9 Å². The summed E-state index contributed by atoms with van der Waals surface area (Å²) in [5.41, 5.74) is 1.17. The van der Waals surface area contributed by atoms with Crippen molar-refractivity contribution >= 4 is 29.2 Å². The second-order valence-corrected chi connectivity index (χ2v) is 11.4. The first-order valence-electron chi connectivity index (χ1n) is 16.1. The molecule has 13 nitrogen and oxygen atoms in total. The van der Waals surface area contributed by atoms with E-state index in [1.54, 1.807) is 19.1 Å². The highest BCUT2D eigenvalue weighted by atomic mass is 35.5. The Bertz CT molecular complexity index is 2300. The van der Waals surface area contributed by atoms with Crippen molar-refractivity contribution in [3.63, 3.8) is 0 Å². The number of pyridine rings is 1. The van der Waals surface area contributed by atoms with E-state index in [0.29, 0.717) is 30.5 Å². The SMILES string of the molecule is O=C(O)C(F)(F)F.[2H]C([2H])([2H])n1ncc2c1-c1ccnc(c1)[C@@H](n1cnc(-c3c(-n4cc(C#N)cn4)ccc(Cl)c3F)cc1=O)CCC[C@@H](C)C(=O)N2. The number of benzene rings is 1. The van der Waals surface area contributed by atoms with Gasteiger partial charge in [-0.05, 0) is 37.1 Å². The summed E-state index contributed by atoms with van der Waals surface area (Å²) in [7, 11) is 0. The summed E-state index contributed by atoms with van der Waals surface area (Å²) < 4.78 is 74.8. The number of alkyl halides is 3. The van der Waals surface area contributed by atoms with E-state index in [1.807, 2.05) is 6.07 Å². The summed E-state index contributed by atoms with van der Waals surface area (Å²) in [5.74, 6) is -4.29. The van der Waals surface area contributed by atoms with Crippen LogP contribution in [-0.2, 0) is 16.6 Å². The Morgan fingerprint density at radius 2 is 1.92 bits per heavy atom. The molecule has 0 aliphatic carbocycles. The maximum absolute atomic E-state index is 15.5. The molecule has 5 aromatic rings. The normalized spacial score (nSPS) is 17.2. The van der Waals surface area contributed by atoms with E-state index in [9.17, 15) is 28.0 Å². The van der Waals surface area contributed by atoms with Gasteiger partial charge in [0.05, 0.1) is 69.4 Å². The fraction of sp³-hybridized carbons (Fsp3) is 0.250. The predicted octanol–water partition coefficient (Wildman–Crippen LogP) is 5.54. The number of amides is 1. The quantitative estimate of drug-likeness (QED) is 0.228. The summed E-state index contributed by atoms with van der Waals surface area (Å²) in [5, 5.41) is 27.2. The zero-order valence-corrected chi connectivity index (χ0v) is 26.4. The summed E-state index contributed by atoms with van der Waals surface area (Å²) in [6.07, 6.45) is 3.15. The average molecular weight is 715 g/mol. The van der Waals surface area contributed by atoms with Crippen LogP contribution in [0.15, 0.2) is 66.2 Å². The van der Waals surface area contributed by atoms with Crippen molar-refractivity contribution in [1.82, 2.24) is 34.1 Å². The van der Waals surface area contributed by atoms with Crippen molar-refractivity contribution in [3.05, 3.63) is 93.9 Å². The van der Waals surface area contributed by atoms with Crippen molar-refractivity contribution < 1.29 is 36.4 Å². The molecule has 0 fully saturated rings. The molecule has 0 spiro atoms. The van der Waals surface area contributed by atoms with Crippen molar-refractivity contribution in [2.45, 2.75) is 38.4 Å². The third-order valence-corrected chi connectivity index (χ3v) is 7.98. The van der Waals surface area contributed by atoms with Gasteiger partial charge in [0.15, 0.2) is 5.82 Å². The number of fused-ring (bicyclic) bond motifs is 4. The number of rotatable bonds is 3. The summed E-state index contributed by atoms with van der Waals surface area (Å²) in [6, 6.07) is 8.61. The van der Waals surface area contributed by atoms with Gasteiger partial charge in [-0.25, -0.2) is 18.9 Å². The molecule has 2 bridgehead atoms. The van der Waals surface area contributed by atoms with Crippen LogP contribution in [0.25, 0.3) is 28.2 Å². The number of carboxylic acids is 1. The Hall–Kier alpha value is -5.89. The van der Waals surface area contributed by atoms with Crippen LogP contribution < -0.4 is 10.9 Å². The Labute approximate surface area is 289 Å². The third-order valence-electron chi connectivity index (χ3n) is 7.69. The van der Waals surface area contributed by atoms with Crippen LogP contribution in [0.5, 0.6) is 0 Å². The van der Waals surface area contributed by atoms with Crippen LogP contribution in [0.2, 0.25) is 5.02 Å². The fourth-order valence-corrected chi connectivity index (χ4v) is 5.36. The number of carbonyl (C=O) groups is 2. The highest BCUT2D eigenvalue weighted by Gasteiger charge is 2.38. The summed E-state index contributed by atoms with van der Waals surface area (Å²) in [6.45, 7) is -0.873. The predicted molar refractivity (Wildman–Crippen MR) is 171 cm³/mol. The van der Waals surface area contributed by atoms with E-state index in [4.69, 9.17) is 25.6 Å². The second kappa shape index (κ2) is 14.3. The molecule has 1 amide bonds. The lowest BCUT2D eigenvalue weighted by atomic mass is 9.97. The summed E-state index contributed by atoms with van der Waals surface area (Å²) >= 11 is 6.12. The Morgan fingerprint density at radius 1 is 1.16 bits per heavy atom. The number of nitrogens with zero attached hydrogens (tertiary/aromatic N) is 8. The largest absolute Gasteiger partial charge is 0.490 e. The molecule has 1 aliphatic heterocycles. The Kier molecular flexibility index (Phi) is 8.98. The third kappa shape index (κ3) is 7.39. The smallest absolute Gasteiger partial charge is 0.475 e. The van der Waals surface area contributed by atoms with Gasteiger partial charge >= 0.3 is 12.1 Å². The van der Waals surface area contributed by atoms with E-state index in [-0.39, 0.29) is 44.8 Å². The van der Waals surface area contributed by atoms with Gasteiger partial charge in [-0.3, -0.25) is 23.8 Å². The zero-order chi connectivity index (χ0) is 38.8. The van der Waals surface area contributed by atoms with Gasteiger partial charge in [0.2, 0.25) is 5.91 Å². The lowest BCUT2D eigenvalue weighted by Crippen LogP contribution is -2.27. The van der Waals surface area contributed by atoms with E-state index in [2.05, 4.69) is 25.5 Å². The topological polar surface area (TPSA) is 174 Å². The number of nitrogens with one attached hydrogen (secondary N) is 1. The van der Waals surface area contributed by atoms with Gasteiger partial charge in [-0.2, -0.15) is 28.6 Å². The maximum Gasteiger partial charge on any atom is 0.490 e. The molecule has 2 atom stereocenters. The molecule has 258 valence electrons. The lowest BCUT2D eigenvalue weighted by Gasteiger charge is -2.22. The number of carboxylic acid groups (broad SMARTS) is 1. The van der Waals surface area contributed by atoms with Crippen molar-refractivity contribution in [2.75, 3.05) is 5.32 Å². The molecule has 6 rings (SSSR count). The van der Waals surface area contributed by atoms with E-state index < -0.39 is 42.5 Å². The number of hydrogen-bond donors (Lipinski definition) is 2. The fourth-order valence-electron chi connectivity index (χ4n) is 5.20. The molecular weight excluding hydrogens is 686 g/mol. The molecule has 5 heterocycles. The number of anilines is 1. The number of aliphatic carboxylic acids is 1. The van der Waals surface area contributed by atoms with Gasteiger partial charge in [0, 0.05) is 41.0 Å². The Balaban J connectivity index is 0.000000705. The minimum Gasteiger partial charge on any atom is -0.475 e. The van der Waals surface area contributed by atoms with Gasteiger partial charge in [0.1, 0.15) is 6.07 Å². The number of aromatic nitrogens is 7. The van der Waals surface area contributed by atoms with Crippen molar-refractivity contribution in [3.8, 4) is 34.3 Å². The molecular formula is C32H26ClF4N9O4. The second-order valence-electron chi connectivity index (χ2n) is 11.0. The number of nitriles is 1. The molecule has 0 saturated heterocycles. The van der Waals surface area contributed by atoms with Crippen LogP contribution in [0.4, 0.5) is 23.2 Å². The molecule has 4 aromatic heterocycles. The molecule has 0 saturated carbocycles. The molecule has 2 N–H and O–H groups in total. The van der Waals surface area contributed by atoms with Crippen LogP contribution in [0, 0.1) is 23.1 Å². The maximum atomic E-state index is 15.5. The summed E-state index contributed by atoms with van der Waals surface area (Å²) in [4.78, 5) is 44.7. The molecule has 1 aromatic carbocycles. The number of hydrogen-bond acceptors (Lipinski definition) is 8. The van der Waals surface area contributed by atoms with E-state index in [1.165, 1.54) is 58.6 Å². The van der Waals surface area contributed by atoms with E-state index >= 15 is 4.39 Å². The minimum absolute atomic E-state index is 0.00312. The number of aryl methyl sites for hydroxylation is 1. The molecule has 50 heavy (non-hydrogen) atoms. The van der Waals surface area contributed by atoms with Gasteiger partial charge in [0.25, 0.3) is 5.56 Å². The van der Waals surface area contributed by atoms with Crippen molar-refractivity contribution in [1.29, 1.82) is 5.26 Å². The van der Waals surface area contributed by atoms with Crippen LogP contribution in [0.1, 0.15) is 47.6 Å². The minimum atomic E-state index is -5.08. The Morgan fingerprint density at radius 3 is 2.58 bits per heavy atom. The number of halogens is 5. The van der Waals surface area contributed by atoms with Gasteiger partial charge in [-0.15, -0.1) is 0 Å². The van der Waals surface area contributed by atoms with E-state index in [0.717, 1.165) is 4.68 Å². The lowest BCUT2D eigenvalue weighted by molar-refractivity contribution is -0.192. The first kappa shape index (κ1) is 31.4. The molecule has 18 heteroatoms. The standard InChI is InChI=1S/C30H25ClFN9O2.C2HF3O2/c1-17-4-3-5-24(21-10-19(8-9-34-21)29-23(38-30(17)43)14-36-39(29)2)40-16-35-22(11-26(40)42)27-25(7-6-20(31)28(27)32)41-15-18(12-33)13-37-41;3-2(4,5)1(6)7/h6-11,13-17,24H,3-5H2,1-2H3,(H,38,43);(H,6,7)/t17-,24+;/m1./s1/i2D3;. The first-order chi connectivity index (χ1) is 24.9. The van der Waals surface area contributed by atoms with Gasteiger partial charge in [-0.1, -0.05) is 24.9 Å². The van der Waals surface area contributed by atoms with Crippen LogP contribution in [-0.4, -0.2) is 57.3 Å².